The van der Waals surface area contributed by atoms with Crippen LogP contribution < -0.4 is 5.73 Å². The molecule has 2 rings (SSSR count). The van der Waals surface area contributed by atoms with E-state index in [1.807, 2.05) is 11.8 Å². The molecular formula is C7H10N4S2. The summed E-state index contributed by atoms with van der Waals surface area (Å²) in [5.41, 5.74) is 5.55. The number of nitrogens with zero attached hydrogens (tertiary/aromatic N) is 2. The van der Waals surface area contributed by atoms with Crippen molar-refractivity contribution in [2.24, 2.45) is 0 Å². The molecule has 4 nitrogen and oxygen atoms in total. The van der Waals surface area contributed by atoms with E-state index in [9.17, 15) is 0 Å². The fourth-order valence-corrected chi connectivity index (χ4v) is 2.79. The molecule has 3 N–H and O–H groups in total. The third kappa shape index (κ3) is 2.00. The molecule has 13 heavy (non-hydrogen) atoms. The molecule has 1 aliphatic rings. The Morgan fingerprint density at radius 3 is 3.00 bits per heavy atom. The van der Waals surface area contributed by atoms with E-state index in [2.05, 4.69) is 15.0 Å². The van der Waals surface area contributed by atoms with Gasteiger partial charge in [-0.25, -0.2) is 4.98 Å². The van der Waals surface area contributed by atoms with Gasteiger partial charge in [0.1, 0.15) is 5.82 Å². The monoisotopic (exact) mass is 214 g/mol. The van der Waals surface area contributed by atoms with Crippen molar-refractivity contribution >= 4 is 29.9 Å². The lowest BCUT2D eigenvalue weighted by Gasteiger charge is -2.06. The van der Waals surface area contributed by atoms with Crippen molar-refractivity contribution in [1.29, 1.82) is 0 Å². The zero-order valence-corrected chi connectivity index (χ0v) is 8.62. The largest absolute Gasteiger partial charge is 0.369 e. The Hall–Kier alpha value is -0.620. The van der Waals surface area contributed by atoms with Crippen LogP contribution in [0.3, 0.4) is 0 Å². The van der Waals surface area contributed by atoms with Gasteiger partial charge in [-0.05, 0) is 24.4 Å². The number of hydrogen-bond acceptors (Lipinski definition) is 5. The molecule has 1 aromatic rings. The number of anilines is 1. The van der Waals surface area contributed by atoms with E-state index in [1.54, 1.807) is 0 Å². The number of aromatic amines is 1. The number of H-pyrrole nitrogens is 1. The maximum atomic E-state index is 5.55. The van der Waals surface area contributed by atoms with Crippen molar-refractivity contribution < 1.29 is 0 Å². The summed E-state index contributed by atoms with van der Waals surface area (Å²) in [5.74, 6) is 4.02. The van der Waals surface area contributed by atoms with E-state index in [0.29, 0.717) is 16.6 Å². The van der Waals surface area contributed by atoms with E-state index < -0.39 is 0 Å². The number of hydrogen-bond donors (Lipinski definition) is 2. The van der Waals surface area contributed by atoms with Gasteiger partial charge < -0.3 is 10.7 Å². The van der Waals surface area contributed by atoms with Crippen molar-refractivity contribution in [3.8, 4) is 0 Å². The molecule has 70 valence electrons. The molecule has 0 aliphatic carbocycles. The third-order valence-corrected chi connectivity index (χ3v) is 3.35. The van der Waals surface area contributed by atoms with Crippen molar-refractivity contribution in [1.82, 2.24) is 15.0 Å². The fourth-order valence-electron chi connectivity index (χ4n) is 1.36. The van der Waals surface area contributed by atoms with Crippen LogP contribution >= 0.6 is 24.0 Å². The standard InChI is InChI=1S/C7H10N4S2/c8-6-9-5(10-7(12)11-6)4-1-2-13-3-4/h4H,1-3H2,(H3,8,9,10,11,12). The first-order chi connectivity index (χ1) is 6.25. The van der Waals surface area contributed by atoms with Crippen molar-refractivity contribution in [3.05, 3.63) is 10.6 Å². The summed E-state index contributed by atoms with van der Waals surface area (Å²) in [7, 11) is 0. The van der Waals surface area contributed by atoms with Crippen LogP contribution in [0.4, 0.5) is 5.95 Å². The van der Waals surface area contributed by atoms with Crippen LogP contribution in [0.5, 0.6) is 0 Å². The quantitative estimate of drug-likeness (QED) is 0.690. The maximum absolute atomic E-state index is 5.55. The zero-order chi connectivity index (χ0) is 9.26. The highest BCUT2D eigenvalue weighted by Gasteiger charge is 2.19. The number of nitrogens with two attached hydrogens (primary N) is 1. The van der Waals surface area contributed by atoms with Crippen LogP contribution in [0.1, 0.15) is 18.2 Å². The van der Waals surface area contributed by atoms with Gasteiger partial charge in [0, 0.05) is 11.7 Å². The molecule has 1 aromatic heterocycles. The van der Waals surface area contributed by atoms with Crippen molar-refractivity contribution in [3.63, 3.8) is 0 Å². The van der Waals surface area contributed by atoms with Crippen LogP contribution in [-0.2, 0) is 0 Å². The molecule has 1 atom stereocenters. The molecule has 0 aromatic carbocycles. The maximum Gasteiger partial charge on any atom is 0.224 e. The normalized spacial score (nSPS) is 22.0. The SMILES string of the molecule is Nc1nc(=S)nc(C2CCSC2)[nH]1. The summed E-state index contributed by atoms with van der Waals surface area (Å²) in [6.45, 7) is 0. The van der Waals surface area contributed by atoms with Crippen molar-refractivity contribution in [2.45, 2.75) is 12.3 Å². The zero-order valence-electron chi connectivity index (χ0n) is 6.99. The minimum atomic E-state index is 0.336. The summed E-state index contributed by atoms with van der Waals surface area (Å²) in [6.07, 6.45) is 1.15. The number of nitrogens with one attached hydrogen (secondary N) is 1. The second-order valence-corrected chi connectivity index (χ2v) is 4.48. The predicted molar refractivity (Wildman–Crippen MR) is 56.3 cm³/mol. The van der Waals surface area contributed by atoms with Gasteiger partial charge in [-0.2, -0.15) is 16.7 Å². The van der Waals surface area contributed by atoms with Crippen molar-refractivity contribution in [2.75, 3.05) is 17.2 Å². The number of rotatable bonds is 1. The Morgan fingerprint density at radius 2 is 2.38 bits per heavy atom. The summed E-state index contributed by atoms with van der Waals surface area (Å²) >= 11 is 6.83. The van der Waals surface area contributed by atoms with E-state index in [1.165, 1.54) is 5.75 Å². The molecule has 1 aliphatic heterocycles. The average Bonchev–Trinajstić information content (AvgIpc) is 2.53. The highest BCUT2D eigenvalue weighted by Crippen LogP contribution is 2.30. The van der Waals surface area contributed by atoms with Gasteiger partial charge in [0.2, 0.25) is 10.7 Å². The number of aromatic nitrogens is 3. The average molecular weight is 214 g/mol. The summed E-state index contributed by atoms with van der Waals surface area (Å²) in [5, 5.41) is 0. The van der Waals surface area contributed by atoms with E-state index in [-0.39, 0.29) is 0 Å². The summed E-state index contributed by atoms with van der Waals surface area (Å²) < 4.78 is 0.336. The van der Waals surface area contributed by atoms with Crippen LogP contribution in [-0.4, -0.2) is 26.5 Å². The minimum Gasteiger partial charge on any atom is -0.369 e. The van der Waals surface area contributed by atoms with Crippen LogP contribution in [0.25, 0.3) is 0 Å². The Morgan fingerprint density at radius 1 is 1.54 bits per heavy atom. The van der Waals surface area contributed by atoms with E-state index in [0.717, 1.165) is 18.0 Å². The first-order valence-corrected chi connectivity index (χ1v) is 5.63. The first-order valence-electron chi connectivity index (χ1n) is 4.07. The fraction of sp³-hybridized carbons (Fsp3) is 0.571. The molecule has 0 amide bonds. The lowest BCUT2D eigenvalue weighted by atomic mass is 10.1. The predicted octanol–water partition coefficient (Wildman–Crippen LogP) is 1.34. The smallest absolute Gasteiger partial charge is 0.224 e. The molecule has 1 saturated heterocycles. The second-order valence-electron chi connectivity index (χ2n) is 2.96. The highest BCUT2D eigenvalue weighted by atomic mass is 32.2. The molecule has 2 heterocycles. The van der Waals surface area contributed by atoms with Gasteiger partial charge in [-0.1, -0.05) is 0 Å². The summed E-state index contributed by atoms with van der Waals surface area (Å²) in [4.78, 5) is 11.0. The molecule has 0 radical (unpaired) electrons. The Kier molecular flexibility index (Phi) is 2.50. The van der Waals surface area contributed by atoms with Gasteiger partial charge in [-0.15, -0.1) is 0 Å². The number of nitrogen functional groups attached to an aromatic ring is 1. The first kappa shape index (κ1) is 8.96. The van der Waals surface area contributed by atoms with Gasteiger partial charge in [0.25, 0.3) is 0 Å². The topological polar surface area (TPSA) is 67.6 Å². The Labute approximate surface area is 85.4 Å². The van der Waals surface area contributed by atoms with Gasteiger partial charge in [0.05, 0.1) is 0 Å². The lowest BCUT2D eigenvalue weighted by molar-refractivity contribution is 0.707. The third-order valence-electron chi connectivity index (χ3n) is 2.00. The molecule has 0 spiro atoms. The molecule has 1 unspecified atom stereocenters. The van der Waals surface area contributed by atoms with Gasteiger partial charge in [-0.3, -0.25) is 0 Å². The van der Waals surface area contributed by atoms with Gasteiger partial charge in [0.15, 0.2) is 0 Å². The van der Waals surface area contributed by atoms with Gasteiger partial charge >= 0.3 is 0 Å². The second kappa shape index (κ2) is 3.63. The molecule has 0 bridgehead atoms. The lowest BCUT2D eigenvalue weighted by Crippen LogP contribution is -2.07. The Bertz CT molecular complexity index is 356. The van der Waals surface area contributed by atoms with Crippen LogP contribution in [0.15, 0.2) is 0 Å². The molecular weight excluding hydrogens is 204 g/mol. The molecule has 6 heteroatoms. The molecule has 0 saturated carbocycles. The number of thioether (sulfide) groups is 1. The summed E-state index contributed by atoms with van der Waals surface area (Å²) in [6, 6.07) is 0. The van der Waals surface area contributed by atoms with Crippen LogP contribution in [0.2, 0.25) is 0 Å². The highest BCUT2D eigenvalue weighted by molar-refractivity contribution is 7.99. The Balaban J connectivity index is 2.33. The van der Waals surface area contributed by atoms with Crippen LogP contribution in [0, 0.1) is 4.77 Å². The minimum absolute atomic E-state index is 0.336. The molecule has 1 fully saturated rings. The van der Waals surface area contributed by atoms with E-state index in [4.69, 9.17) is 18.0 Å². The van der Waals surface area contributed by atoms with E-state index >= 15 is 0 Å².